The van der Waals surface area contributed by atoms with Crippen LogP contribution in [0.2, 0.25) is 0 Å². The Kier molecular flexibility index (Phi) is 8.78. The molecular weight excluding hydrogens is 518 g/mol. The Hall–Kier alpha value is -3.02. The summed E-state index contributed by atoms with van der Waals surface area (Å²) in [6.07, 6.45) is 3.56. The van der Waals surface area contributed by atoms with Crippen molar-refractivity contribution in [3.63, 3.8) is 0 Å². The molecule has 0 aliphatic carbocycles. The molecule has 42 heavy (non-hydrogen) atoms. The second-order valence-electron chi connectivity index (χ2n) is 13.2. The van der Waals surface area contributed by atoms with Crippen LogP contribution in [0.15, 0.2) is 97.1 Å². The highest BCUT2D eigenvalue weighted by Gasteiger charge is 2.58. The van der Waals surface area contributed by atoms with E-state index in [0.29, 0.717) is 45.0 Å². The van der Waals surface area contributed by atoms with E-state index in [1.165, 1.54) is 39.4 Å². The van der Waals surface area contributed by atoms with Gasteiger partial charge in [0.25, 0.3) is 0 Å². The van der Waals surface area contributed by atoms with E-state index in [1.807, 2.05) is 18.2 Å². The molecule has 4 aromatic rings. The first-order chi connectivity index (χ1) is 20.4. The number of nitrogens with one attached hydrogen (secondary N) is 1. The quantitative estimate of drug-likeness (QED) is 0.187. The van der Waals surface area contributed by atoms with Crippen molar-refractivity contribution in [2.75, 3.05) is 13.2 Å². The fraction of sp³-hybridized carbons (Fsp3) is 0.421. The lowest BCUT2D eigenvalue weighted by molar-refractivity contribution is -0.0909. The summed E-state index contributed by atoms with van der Waals surface area (Å²) in [6, 6.07) is 35.1. The normalized spacial score (nSPS) is 23.8. The fourth-order valence-corrected chi connectivity index (χ4v) is 7.12. The van der Waals surface area contributed by atoms with Gasteiger partial charge in [0.05, 0.1) is 44.7 Å². The largest absolute Gasteiger partial charge is 0.374 e. The van der Waals surface area contributed by atoms with Crippen molar-refractivity contribution < 1.29 is 14.2 Å². The van der Waals surface area contributed by atoms with Gasteiger partial charge in [-0.25, -0.2) is 0 Å². The zero-order valence-electron chi connectivity index (χ0n) is 25.4. The Morgan fingerprint density at radius 2 is 1.36 bits per heavy atom. The molecule has 0 saturated carbocycles. The summed E-state index contributed by atoms with van der Waals surface area (Å²) in [7, 11) is 0. The molecule has 2 fully saturated rings. The molecule has 4 aromatic carbocycles. The highest BCUT2D eigenvalue weighted by Crippen LogP contribution is 2.52. The smallest absolute Gasteiger partial charge is 0.0835 e. The van der Waals surface area contributed by atoms with Gasteiger partial charge in [-0.1, -0.05) is 112 Å². The molecule has 4 heteroatoms. The van der Waals surface area contributed by atoms with Gasteiger partial charge >= 0.3 is 0 Å². The van der Waals surface area contributed by atoms with E-state index < -0.39 is 0 Å². The molecule has 4 nitrogen and oxygen atoms in total. The number of ether oxygens (including phenoxy) is 3. The zero-order chi connectivity index (χ0) is 29.0. The average molecular weight is 564 g/mol. The molecule has 6 rings (SSSR count). The van der Waals surface area contributed by atoms with Gasteiger partial charge in [-0.2, -0.15) is 0 Å². The van der Waals surface area contributed by atoms with Gasteiger partial charge in [-0.05, 0) is 63.8 Å². The molecule has 0 radical (unpaired) electrons. The molecule has 4 atom stereocenters. The Balaban J connectivity index is 1.11. The molecule has 0 spiro atoms. The third kappa shape index (κ3) is 6.33. The lowest BCUT2D eigenvalue weighted by Crippen LogP contribution is -2.66. The van der Waals surface area contributed by atoms with E-state index in [2.05, 4.69) is 105 Å². The molecule has 2 heterocycles. The van der Waals surface area contributed by atoms with E-state index >= 15 is 0 Å². The highest BCUT2D eigenvalue weighted by molar-refractivity contribution is 5.82. The molecule has 0 aromatic heterocycles. The molecule has 2 aliphatic heterocycles. The van der Waals surface area contributed by atoms with E-state index in [4.69, 9.17) is 14.2 Å². The predicted molar refractivity (Wildman–Crippen MR) is 170 cm³/mol. The van der Waals surface area contributed by atoms with Crippen molar-refractivity contribution in [3.05, 3.63) is 119 Å². The summed E-state index contributed by atoms with van der Waals surface area (Å²) in [5.74, 6) is 0.347. The van der Waals surface area contributed by atoms with Crippen LogP contribution in [0.4, 0.5) is 0 Å². The summed E-state index contributed by atoms with van der Waals surface area (Å²) >= 11 is 0. The van der Waals surface area contributed by atoms with Crippen molar-refractivity contribution in [3.8, 4) is 0 Å². The maximum atomic E-state index is 7.01. The lowest BCUT2D eigenvalue weighted by atomic mass is 9.64. The Bertz CT molecular complexity index is 1440. The maximum Gasteiger partial charge on any atom is 0.0835 e. The van der Waals surface area contributed by atoms with Crippen LogP contribution in [0.1, 0.15) is 68.2 Å². The summed E-state index contributed by atoms with van der Waals surface area (Å²) in [5, 5.41) is 6.61. The minimum Gasteiger partial charge on any atom is -0.374 e. The summed E-state index contributed by atoms with van der Waals surface area (Å²) in [5.41, 5.74) is 5.00. The van der Waals surface area contributed by atoms with Crippen LogP contribution in [0, 0.1) is 5.41 Å². The minimum absolute atomic E-state index is 0.0566. The van der Waals surface area contributed by atoms with Crippen LogP contribution in [0.3, 0.4) is 0 Å². The molecule has 4 unspecified atom stereocenters. The number of hydrogen-bond acceptors (Lipinski definition) is 4. The van der Waals surface area contributed by atoms with Crippen LogP contribution in [0.25, 0.3) is 10.8 Å². The van der Waals surface area contributed by atoms with Crippen molar-refractivity contribution in [1.82, 2.24) is 5.32 Å². The lowest BCUT2D eigenvalue weighted by Gasteiger charge is -2.53. The summed E-state index contributed by atoms with van der Waals surface area (Å²) in [4.78, 5) is 0. The second-order valence-corrected chi connectivity index (χ2v) is 13.2. The summed E-state index contributed by atoms with van der Waals surface area (Å²) in [6.45, 7) is 10.1. The van der Waals surface area contributed by atoms with E-state index in [9.17, 15) is 0 Å². The second kappa shape index (κ2) is 12.7. The Labute approximate surface area is 251 Å². The molecular formula is C38H45NO3. The van der Waals surface area contributed by atoms with Crippen molar-refractivity contribution in [2.45, 2.75) is 83.5 Å². The fourth-order valence-electron chi connectivity index (χ4n) is 7.12. The molecule has 220 valence electrons. The first-order valence-electron chi connectivity index (χ1n) is 15.6. The minimum atomic E-state index is -0.0566. The molecule has 2 bridgehead atoms. The van der Waals surface area contributed by atoms with Crippen molar-refractivity contribution in [2.24, 2.45) is 5.41 Å². The zero-order valence-corrected chi connectivity index (χ0v) is 25.4. The van der Waals surface area contributed by atoms with Gasteiger partial charge in [0, 0.05) is 12.0 Å². The van der Waals surface area contributed by atoms with Crippen LogP contribution in [-0.4, -0.2) is 30.9 Å². The number of piperidine rings is 1. The van der Waals surface area contributed by atoms with Crippen LogP contribution in [-0.2, 0) is 34.0 Å². The van der Waals surface area contributed by atoms with Gasteiger partial charge in [0.15, 0.2) is 0 Å². The Morgan fingerprint density at radius 1 is 0.714 bits per heavy atom. The third-order valence-electron chi connectivity index (χ3n) is 9.48. The number of hydrogen-bond donors (Lipinski definition) is 1. The van der Waals surface area contributed by atoms with Gasteiger partial charge in [-0.15, -0.1) is 0 Å². The van der Waals surface area contributed by atoms with Gasteiger partial charge in [0.2, 0.25) is 0 Å². The van der Waals surface area contributed by atoms with E-state index in [-0.39, 0.29) is 17.1 Å². The van der Waals surface area contributed by atoms with Gasteiger partial charge in [0.1, 0.15) is 0 Å². The van der Waals surface area contributed by atoms with E-state index in [1.54, 1.807) is 0 Å². The SMILES string of the molecule is CC(C)(C)C12CCC(CC(c3ccc(COCCOCc4ccccc4)cc3)C1OCc1ccc3ccccc3c1)N2. The number of benzene rings is 4. The number of fused-ring (bicyclic) bond motifs is 3. The van der Waals surface area contributed by atoms with Gasteiger partial charge in [-0.3, -0.25) is 0 Å². The first-order valence-corrected chi connectivity index (χ1v) is 15.6. The van der Waals surface area contributed by atoms with Crippen molar-refractivity contribution >= 4 is 10.8 Å². The molecule has 1 N–H and O–H groups in total. The van der Waals surface area contributed by atoms with Crippen LogP contribution < -0.4 is 5.32 Å². The monoisotopic (exact) mass is 563 g/mol. The summed E-state index contributed by atoms with van der Waals surface area (Å²) < 4.78 is 18.7. The first kappa shape index (κ1) is 29.1. The topological polar surface area (TPSA) is 39.7 Å². The third-order valence-corrected chi connectivity index (χ3v) is 9.48. The van der Waals surface area contributed by atoms with Crippen molar-refractivity contribution in [1.29, 1.82) is 0 Å². The van der Waals surface area contributed by atoms with E-state index in [0.717, 1.165) is 12.8 Å². The maximum absolute atomic E-state index is 7.01. The predicted octanol–water partition coefficient (Wildman–Crippen LogP) is 8.18. The highest BCUT2D eigenvalue weighted by atomic mass is 16.5. The van der Waals surface area contributed by atoms with Crippen LogP contribution >= 0.6 is 0 Å². The molecule has 2 saturated heterocycles. The van der Waals surface area contributed by atoms with Gasteiger partial charge < -0.3 is 19.5 Å². The molecule has 0 amide bonds. The number of rotatable bonds is 11. The Morgan fingerprint density at radius 3 is 2.07 bits per heavy atom. The molecule has 2 aliphatic rings. The van der Waals surface area contributed by atoms with Crippen LogP contribution in [0.5, 0.6) is 0 Å². The average Bonchev–Trinajstić information content (AvgIpc) is 3.38. The standard InChI is InChI=1S/C38H45NO3/c1-37(2,3)38-20-19-34(39-38)24-35(36(38)42-27-30-15-16-31-11-7-8-12-33(31)23-30)32-17-13-29(14-18-32)26-41-22-21-40-25-28-9-5-4-6-10-28/h4-18,23,34-36,39H,19-22,24-27H2,1-3H3.